The average Bonchev–Trinajstić information content (AvgIpc) is 3.27. The number of aromatic nitrogens is 2. The lowest BCUT2D eigenvalue weighted by molar-refractivity contribution is -0.127. The van der Waals surface area contributed by atoms with Gasteiger partial charge in [0.1, 0.15) is 0 Å². The maximum atomic E-state index is 12.5. The Hall–Kier alpha value is -2.14. The van der Waals surface area contributed by atoms with E-state index in [-0.39, 0.29) is 5.41 Å². The van der Waals surface area contributed by atoms with E-state index in [1.54, 1.807) is 6.33 Å². The molecule has 0 bridgehead atoms. The van der Waals surface area contributed by atoms with E-state index in [0.717, 1.165) is 64.8 Å². The summed E-state index contributed by atoms with van der Waals surface area (Å²) in [5.41, 5.74) is 2.75. The van der Waals surface area contributed by atoms with Crippen LogP contribution in [0.3, 0.4) is 0 Å². The molecule has 2 saturated heterocycles. The van der Waals surface area contributed by atoms with Crippen molar-refractivity contribution in [3.8, 4) is 0 Å². The first kappa shape index (κ1) is 17.3. The molecule has 1 spiro atoms. The number of amides is 1. The highest BCUT2D eigenvalue weighted by molar-refractivity contribution is 5.79. The van der Waals surface area contributed by atoms with E-state index in [0.29, 0.717) is 5.91 Å². The first-order valence-electron chi connectivity index (χ1n) is 9.74. The number of hydrogen-bond acceptors (Lipinski definition) is 3. The molecule has 1 N–H and O–H groups in total. The Morgan fingerprint density at radius 3 is 2.69 bits per heavy atom. The fourth-order valence-electron chi connectivity index (χ4n) is 4.44. The van der Waals surface area contributed by atoms with Gasteiger partial charge in [-0.05, 0) is 49.8 Å². The lowest BCUT2D eigenvalue weighted by Crippen LogP contribution is -2.41. The van der Waals surface area contributed by atoms with Gasteiger partial charge in [-0.15, -0.1) is 0 Å². The van der Waals surface area contributed by atoms with Gasteiger partial charge in [-0.2, -0.15) is 0 Å². The summed E-state index contributed by atoms with van der Waals surface area (Å²) in [7, 11) is 0. The number of piperidine rings is 1. The topological polar surface area (TPSA) is 52.2 Å². The predicted molar refractivity (Wildman–Crippen MR) is 101 cm³/mol. The zero-order valence-corrected chi connectivity index (χ0v) is 15.4. The monoisotopic (exact) mass is 352 g/mol. The highest BCUT2D eigenvalue weighted by Gasteiger charge is 2.44. The van der Waals surface area contributed by atoms with Crippen molar-refractivity contribution in [2.45, 2.75) is 38.6 Å². The molecule has 1 aromatic heterocycles. The van der Waals surface area contributed by atoms with Crippen molar-refractivity contribution in [1.29, 1.82) is 0 Å². The largest absolute Gasteiger partial charge is 0.347 e. The molecule has 1 amide bonds. The molecule has 0 atom stereocenters. The van der Waals surface area contributed by atoms with Crippen LogP contribution in [0.5, 0.6) is 0 Å². The van der Waals surface area contributed by atoms with E-state index in [4.69, 9.17) is 0 Å². The van der Waals surface area contributed by atoms with Gasteiger partial charge in [-0.3, -0.25) is 9.69 Å². The molecule has 3 heterocycles. The number of carbonyl (C=O) groups excluding carboxylic acids is 1. The Balaban J connectivity index is 1.25. The van der Waals surface area contributed by atoms with Crippen molar-refractivity contribution in [3.05, 3.63) is 54.1 Å². The number of imidazole rings is 1. The zero-order valence-electron chi connectivity index (χ0n) is 15.4. The van der Waals surface area contributed by atoms with Crippen LogP contribution in [0.25, 0.3) is 0 Å². The van der Waals surface area contributed by atoms with Gasteiger partial charge in [-0.1, -0.05) is 30.3 Å². The third-order valence-electron chi connectivity index (χ3n) is 6.01. The molecule has 2 fully saturated rings. The predicted octanol–water partition coefficient (Wildman–Crippen LogP) is 2.86. The van der Waals surface area contributed by atoms with Gasteiger partial charge < -0.3 is 9.88 Å². The Bertz CT molecular complexity index is 705. The summed E-state index contributed by atoms with van der Waals surface area (Å²) in [5, 5.41) is 0. The lowest BCUT2D eigenvalue weighted by Gasteiger charge is -2.38. The zero-order chi connectivity index (χ0) is 17.8. The third-order valence-corrected chi connectivity index (χ3v) is 6.01. The third kappa shape index (κ3) is 3.98. The highest BCUT2D eigenvalue weighted by Crippen LogP contribution is 2.41. The molecule has 2 aliphatic heterocycles. The molecule has 0 radical (unpaired) electrons. The first-order valence-corrected chi connectivity index (χ1v) is 9.74. The summed E-state index contributed by atoms with van der Waals surface area (Å²) in [6.45, 7) is 4.94. The molecule has 0 aliphatic carbocycles. The van der Waals surface area contributed by atoms with Crippen molar-refractivity contribution in [2.75, 3.05) is 26.2 Å². The van der Waals surface area contributed by atoms with Gasteiger partial charge in [0.2, 0.25) is 5.91 Å². The van der Waals surface area contributed by atoms with E-state index in [2.05, 4.69) is 50.1 Å². The summed E-state index contributed by atoms with van der Waals surface area (Å²) in [6, 6.07) is 10.6. The van der Waals surface area contributed by atoms with Crippen LogP contribution in [0.4, 0.5) is 0 Å². The van der Waals surface area contributed by atoms with Crippen molar-refractivity contribution in [2.24, 2.45) is 5.41 Å². The minimum atomic E-state index is 0.217. The van der Waals surface area contributed by atoms with E-state index >= 15 is 0 Å². The fraction of sp³-hybridized carbons (Fsp3) is 0.524. The second-order valence-electron chi connectivity index (χ2n) is 7.93. The fourth-order valence-corrected chi connectivity index (χ4v) is 4.44. The number of rotatable bonds is 6. The van der Waals surface area contributed by atoms with Gasteiger partial charge in [0.15, 0.2) is 0 Å². The second-order valence-corrected chi connectivity index (χ2v) is 7.93. The van der Waals surface area contributed by atoms with E-state index in [1.165, 1.54) is 11.3 Å². The highest BCUT2D eigenvalue weighted by atomic mass is 16.2. The molecule has 0 unspecified atom stereocenters. The summed E-state index contributed by atoms with van der Waals surface area (Å²) in [6.07, 6.45) is 8.75. The number of benzene rings is 1. The van der Waals surface area contributed by atoms with Crippen molar-refractivity contribution >= 4 is 5.91 Å². The standard InChI is InChI=1S/C21H28N4O/c26-20-13-21(8-11-24(12-9-21)15-19-14-22-17-23-19)16-25(20)10-4-7-18-5-2-1-3-6-18/h1-3,5-6,14,17H,4,7-13,15-16H2,(H,22,23). The molecular weight excluding hydrogens is 324 g/mol. The van der Waals surface area contributed by atoms with E-state index in [1.807, 2.05) is 6.20 Å². The molecule has 1 aromatic carbocycles. The molecule has 2 aliphatic rings. The summed E-state index contributed by atoms with van der Waals surface area (Å²) in [4.78, 5) is 24.4. The SMILES string of the molecule is O=C1CC2(CCN(Cc3cnc[nH]3)CC2)CN1CCCc1ccccc1. The molecule has 5 heteroatoms. The van der Waals surface area contributed by atoms with Crippen molar-refractivity contribution in [3.63, 3.8) is 0 Å². The number of hydrogen-bond donors (Lipinski definition) is 1. The van der Waals surface area contributed by atoms with Crippen molar-refractivity contribution in [1.82, 2.24) is 19.8 Å². The Kier molecular flexibility index (Phi) is 5.07. The maximum Gasteiger partial charge on any atom is 0.223 e. The van der Waals surface area contributed by atoms with Gasteiger partial charge in [0, 0.05) is 37.9 Å². The van der Waals surface area contributed by atoms with Gasteiger partial charge in [-0.25, -0.2) is 4.98 Å². The normalized spacial score (nSPS) is 20.2. The van der Waals surface area contributed by atoms with Crippen LogP contribution in [-0.4, -0.2) is 51.9 Å². The quantitative estimate of drug-likeness (QED) is 0.870. The summed E-state index contributed by atoms with van der Waals surface area (Å²) < 4.78 is 0. The molecule has 26 heavy (non-hydrogen) atoms. The number of carbonyl (C=O) groups is 1. The van der Waals surface area contributed by atoms with Crippen LogP contribution >= 0.6 is 0 Å². The van der Waals surface area contributed by atoms with Gasteiger partial charge >= 0.3 is 0 Å². The Labute approximate surface area is 155 Å². The number of nitrogens with zero attached hydrogens (tertiary/aromatic N) is 3. The first-order chi connectivity index (χ1) is 12.7. The van der Waals surface area contributed by atoms with Crippen LogP contribution in [0, 0.1) is 5.41 Å². The number of aryl methyl sites for hydroxylation is 1. The minimum absolute atomic E-state index is 0.217. The molecule has 4 rings (SSSR count). The molecule has 0 saturated carbocycles. The summed E-state index contributed by atoms with van der Waals surface area (Å²) in [5.74, 6) is 0.361. The van der Waals surface area contributed by atoms with Gasteiger partial charge in [0.25, 0.3) is 0 Å². The van der Waals surface area contributed by atoms with Crippen LogP contribution < -0.4 is 0 Å². The van der Waals surface area contributed by atoms with E-state index in [9.17, 15) is 4.79 Å². The van der Waals surface area contributed by atoms with Gasteiger partial charge in [0.05, 0.1) is 6.33 Å². The minimum Gasteiger partial charge on any atom is -0.347 e. The number of aromatic amines is 1. The van der Waals surface area contributed by atoms with E-state index < -0.39 is 0 Å². The molecular formula is C21H28N4O. The van der Waals surface area contributed by atoms with Crippen molar-refractivity contribution < 1.29 is 4.79 Å². The average molecular weight is 352 g/mol. The molecule has 5 nitrogen and oxygen atoms in total. The maximum absolute atomic E-state index is 12.5. The number of nitrogens with one attached hydrogen (secondary N) is 1. The molecule has 2 aromatic rings. The van der Waals surface area contributed by atoms with Crippen LogP contribution in [-0.2, 0) is 17.8 Å². The second kappa shape index (κ2) is 7.62. The van der Waals surface area contributed by atoms with Crippen LogP contribution in [0.1, 0.15) is 36.9 Å². The number of likely N-dealkylation sites (tertiary alicyclic amines) is 2. The Morgan fingerprint density at radius 2 is 1.96 bits per heavy atom. The summed E-state index contributed by atoms with van der Waals surface area (Å²) >= 11 is 0. The van der Waals surface area contributed by atoms with Crippen LogP contribution in [0.15, 0.2) is 42.9 Å². The Morgan fingerprint density at radius 1 is 1.15 bits per heavy atom. The number of H-pyrrole nitrogens is 1. The smallest absolute Gasteiger partial charge is 0.223 e. The van der Waals surface area contributed by atoms with Crippen LogP contribution in [0.2, 0.25) is 0 Å². The lowest BCUT2D eigenvalue weighted by atomic mass is 9.77. The molecule has 138 valence electrons.